The number of nitrogens with one attached hydrogen (secondary N) is 1. The summed E-state index contributed by atoms with van der Waals surface area (Å²) in [5, 5.41) is 11.4. The van der Waals surface area contributed by atoms with Crippen LogP contribution < -0.4 is 5.32 Å². The second-order valence-electron chi connectivity index (χ2n) is 4.42. The van der Waals surface area contributed by atoms with E-state index in [2.05, 4.69) is 29.5 Å². The van der Waals surface area contributed by atoms with Crippen LogP contribution in [0.1, 0.15) is 26.0 Å². The quantitative estimate of drug-likeness (QED) is 0.788. The maximum atomic E-state index is 5.56. The lowest BCUT2D eigenvalue weighted by atomic mass is 9.95. The molecule has 84 valence electrons. The number of hydrogen-bond donors (Lipinski definition) is 1. The minimum Gasteiger partial charge on any atom is -0.377 e. The molecule has 1 N–H and O–H groups in total. The van der Waals surface area contributed by atoms with Crippen molar-refractivity contribution in [1.29, 1.82) is 0 Å². The summed E-state index contributed by atoms with van der Waals surface area (Å²) in [4.78, 5) is 0. The van der Waals surface area contributed by atoms with Crippen LogP contribution in [0.15, 0.2) is 6.20 Å². The molecule has 0 bridgehead atoms. The molecule has 2 heterocycles. The molecule has 0 aromatic carbocycles. The van der Waals surface area contributed by atoms with E-state index < -0.39 is 0 Å². The Kier molecular flexibility index (Phi) is 2.75. The fourth-order valence-corrected chi connectivity index (χ4v) is 1.84. The molecule has 1 aliphatic heterocycles. The summed E-state index contributed by atoms with van der Waals surface area (Å²) in [5.41, 5.74) is 1.04. The summed E-state index contributed by atoms with van der Waals surface area (Å²) in [7, 11) is 1.87. The van der Waals surface area contributed by atoms with Gasteiger partial charge in [-0.05, 0) is 20.3 Å². The van der Waals surface area contributed by atoms with Crippen LogP contribution in [0.4, 0.5) is 0 Å². The van der Waals surface area contributed by atoms with Gasteiger partial charge in [0.1, 0.15) is 0 Å². The summed E-state index contributed by atoms with van der Waals surface area (Å²) >= 11 is 0. The Morgan fingerprint density at radius 3 is 3.07 bits per heavy atom. The molecular weight excluding hydrogens is 192 g/mol. The number of hydrogen-bond acceptors (Lipinski definition) is 4. The van der Waals surface area contributed by atoms with E-state index in [1.165, 1.54) is 0 Å². The molecule has 1 fully saturated rings. The van der Waals surface area contributed by atoms with Gasteiger partial charge in [0.25, 0.3) is 0 Å². The van der Waals surface area contributed by atoms with Crippen LogP contribution in [-0.2, 0) is 18.3 Å². The molecule has 5 heteroatoms. The standard InChI is InChI=1S/C10H18N4O/c1-8-10(2,4-5-15-8)11-6-9-7-14(3)13-12-9/h7-8,11H,4-6H2,1-3H3. The molecule has 1 aromatic heterocycles. The number of aromatic nitrogens is 3. The molecule has 1 aromatic rings. The SMILES string of the molecule is CC1OCCC1(C)NCc1cn(C)nn1. The first-order chi connectivity index (χ1) is 7.10. The first-order valence-corrected chi connectivity index (χ1v) is 5.32. The van der Waals surface area contributed by atoms with Crippen molar-refractivity contribution in [3.63, 3.8) is 0 Å². The van der Waals surface area contributed by atoms with Gasteiger partial charge < -0.3 is 10.1 Å². The number of nitrogens with zero attached hydrogens (tertiary/aromatic N) is 3. The zero-order valence-electron chi connectivity index (χ0n) is 9.53. The van der Waals surface area contributed by atoms with Gasteiger partial charge in [-0.2, -0.15) is 0 Å². The number of rotatable bonds is 3. The highest BCUT2D eigenvalue weighted by atomic mass is 16.5. The molecule has 0 radical (unpaired) electrons. The Bertz CT molecular complexity index is 338. The van der Waals surface area contributed by atoms with Crippen LogP contribution >= 0.6 is 0 Å². The summed E-state index contributed by atoms with van der Waals surface area (Å²) in [6.45, 7) is 5.89. The van der Waals surface area contributed by atoms with E-state index in [9.17, 15) is 0 Å². The average Bonchev–Trinajstić information content (AvgIpc) is 2.73. The van der Waals surface area contributed by atoms with Gasteiger partial charge in [0.15, 0.2) is 0 Å². The first kappa shape index (κ1) is 10.6. The van der Waals surface area contributed by atoms with Gasteiger partial charge in [0.05, 0.1) is 11.8 Å². The third kappa shape index (κ3) is 2.18. The van der Waals surface area contributed by atoms with E-state index in [-0.39, 0.29) is 11.6 Å². The van der Waals surface area contributed by atoms with Gasteiger partial charge in [-0.3, -0.25) is 4.68 Å². The molecule has 2 unspecified atom stereocenters. The Labute approximate surface area is 89.8 Å². The molecule has 1 saturated heterocycles. The van der Waals surface area contributed by atoms with Crippen molar-refractivity contribution in [2.75, 3.05) is 6.61 Å². The van der Waals surface area contributed by atoms with Crippen LogP contribution in [0.2, 0.25) is 0 Å². The zero-order valence-corrected chi connectivity index (χ0v) is 9.53. The molecule has 0 aliphatic carbocycles. The summed E-state index contributed by atoms with van der Waals surface area (Å²) in [5.74, 6) is 0. The van der Waals surface area contributed by atoms with Crippen molar-refractivity contribution in [2.24, 2.45) is 7.05 Å². The lowest BCUT2D eigenvalue weighted by Crippen LogP contribution is -2.47. The third-order valence-electron chi connectivity index (χ3n) is 3.21. The molecule has 15 heavy (non-hydrogen) atoms. The number of ether oxygens (including phenoxy) is 1. The summed E-state index contributed by atoms with van der Waals surface area (Å²) in [6.07, 6.45) is 3.24. The Morgan fingerprint density at radius 2 is 2.53 bits per heavy atom. The van der Waals surface area contributed by atoms with Crippen molar-refractivity contribution < 1.29 is 4.74 Å². The van der Waals surface area contributed by atoms with Crippen LogP contribution in [0.3, 0.4) is 0 Å². The lowest BCUT2D eigenvalue weighted by Gasteiger charge is -2.28. The van der Waals surface area contributed by atoms with Crippen LogP contribution in [0.25, 0.3) is 0 Å². The van der Waals surface area contributed by atoms with E-state index in [4.69, 9.17) is 4.74 Å². The monoisotopic (exact) mass is 210 g/mol. The molecule has 0 spiro atoms. The Morgan fingerprint density at radius 1 is 1.73 bits per heavy atom. The average molecular weight is 210 g/mol. The van der Waals surface area contributed by atoms with Crippen LogP contribution in [0.5, 0.6) is 0 Å². The van der Waals surface area contributed by atoms with Crippen molar-refractivity contribution >= 4 is 0 Å². The predicted molar refractivity (Wildman–Crippen MR) is 56.3 cm³/mol. The Hall–Kier alpha value is -0.940. The largest absolute Gasteiger partial charge is 0.377 e. The normalized spacial score (nSPS) is 31.0. The lowest BCUT2D eigenvalue weighted by molar-refractivity contribution is 0.0880. The minimum absolute atomic E-state index is 0.0670. The smallest absolute Gasteiger partial charge is 0.0964 e. The maximum Gasteiger partial charge on any atom is 0.0964 e. The molecule has 5 nitrogen and oxygen atoms in total. The first-order valence-electron chi connectivity index (χ1n) is 5.32. The van der Waals surface area contributed by atoms with E-state index >= 15 is 0 Å². The topological polar surface area (TPSA) is 52.0 Å². The molecule has 2 rings (SSSR count). The van der Waals surface area contributed by atoms with Gasteiger partial charge >= 0.3 is 0 Å². The fraction of sp³-hybridized carbons (Fsp3) is 0.800. The maximum absolute atomic E-state index is 5.56. The van der Waals surface area contributed by atoms with Crippen LogP contribution in [-0.4, -0.2) is 33.2 Å². The minimum atomic E-state index is 0.0670. The zero-order chi connectivity index (χ0) is 10.9. The predicted octanol–water partition coefficient (Wildman–Crippen LogP) is 0.472. The van der Waals surface area contributed by atoms with Crippen molar-refractivity contribution in [3.8, 4) is 0 Å². The third-order valence-corrected chi connectivity index (χ3v) is 3.21. The van der Waals surface area contributed by atoms with Crippen molar-refractivity contribution in [3.05, 3.63) is 11.9 Å². The van der Waals surface area contributed by atoms with Gasteiger partial charge in [0.2, 0.25) is 0 Å². The van der Waals surface area contributed by atoms with Crippen molar-refractivity contribution in [1.82, 2.24) is 20.3 Å². The molecule has 0 amide bonds. The molecule has 2 atom stereocenters. The van der Waals surface area contributed by atoms with Gasteiger partial charge in [-0.15, -0.1) is 5.10 Å². The highest BCUT2D eigenvalue weighted by Gasteiger charge is 2.36. The van der Waals surface area contributed by atoms with E-state index in [0.717, 1.165) is 25.3 Å². The summed E-state index contributed by atoms with van der Waals surface area (Å²) in [6, 6.07) is 0. The molecular formula is C10H18N4O. The molecule has 0 saturated carbocycles. The van der Waals surface area contributed by atoms with E-state index in [1.807, 2.05) is 13.2 Å². The van der Waals surface area contributed by atoms with Gasteiger partial charge in [-0.1, -0.05) is 5.21 Å². The molecule has 1 aliphatic rings. The van der Waals surface area contributed by atoms with Gasteiger partial charge in [0, 0.05) is 31.9 Å². The second-order valence-corrected chi connectivity index (χ2v) is 4.42. The van der Waals surface area contributed by atoms with Crippen molar-refractivity contribution in [2.45, 2.75) is 38.5 Å². The van der Waals surface area contributed by atoms with Crippen LogP contribution in [0, 0.1) is 0 Å². The fourth-order valence-electron chi connectivity index (χ4n) is 1.84. The summed E-state index contributed by atoms with van der Waals surface area (Å²) < 4.78 is 7.27. The van der Waals surface area contributed by atoms with Gasteiger partial charge in [-0.25, -0.2) is 0 Å². The highest BCUT2D eigenvalue weighted by molar-refractivity contribution is 4.98. The highest BCUT2D eigenvalue weighted by Crippen LogP contribution is 2.25. The number of aryl methyl sites for hydroxylation is 1. The second kappa shape index (κ2) is 3.90. The van der Waals surface area contributed by atoms with E-state index in [0.29, 0.717) is 0 Å². The Balaban J connectivity index is 1.92. The van der Waals surface area contributed by atoms with E-state index in [1.54, 1.807) is 4.68 Å².